The molecule has 0 aliphatic carbocycles. The maximum absolute atomic E-state index is 12.8. The number of carbonyl (C=O) groups is 1. The predicted octanol–water partition coefficient (Wildman–Crippen LogP) is 4.88. The lowest BCUT2D eigenvalue weighted by Gasteiger charge is -2.08. The summed E-state index contributed by atoms with van der Waals surface area (Å²) in [7, 11) is -3.70. The Hall–Kier alpha value is -3.23. The van der Waals surface area contributed by atoms with Crippen LogP contribution in [0.3, 0.4) is 0 Å². The molecule has 0 saturated heterocycles. The highest BCUT2D eigenvalue weighted by molar-refractivity contribution is 7.92. The summed E-state index contributed by atoms with van der Waals surface area (Å²) in [5.41, 5.74) is 3.95. The average molecular weight is 466 g/mol. The van der Waals surface area contributed by atoms with Gasteiger partial charge in [0.05, 0.1) is 15.1 Å². The Kier molecular flexibility index (Phi) is 5.99. The Labute approximate surface area is 190 Å². The zero-order valence-electron chi connectivity index (χ0n) is 18.0. The average Bonchev–Trinajstić information content (AvgIpc) is 3.10. The highest BCUT2D eigenvalue weighted by Gasteiger charge is 2.14. The van der Waals surface area contributed by atoms with Crippen LogP contribution in [-0.2, 0) is 16.6 Å². The first-order valence-electron chi connectivity index (χ1n) is 10.2. The lowest BCUT2D eigenvalue weighted by molar-refractivity contribution is 0.0998. The fraction of sp³-hybridized carbons (Fsp3) is 0.167. The Morgan fingerprint density at radius 1 is 0.969 bits per heavy atom. The van der Waals surface area contributed by atoms with Gasteiger partial charge >= 0.3 is 0 Å². The first-order valence-corrected chi connectivity index (χ1v) is 12.5. The van der Waals surface area contributed by atoms with Gasteiger partial charge in [-0.05, 0) is 74.9 Å². The van der Waals surface area contributed by atoms with E-state index in [4.69, 9.17) is 0 Å². The van der Waals surface area contributed by atoms with Gasteiger partial charge in [0.15, 0.2) is 4.80 Å². The fourth-order valence-electron chi connectivity index (χ4n) is 3.34. The third kappa shape index (κ3) is 4.51. The number of anilines is 1. The minimum atomic E-state index is -3.70. The molecule has 0 spiro atoms. The molecule has 0 bridgehead atoms. The van der Waals surface area contributed by atoms with Crippen molar-refractivity contribution in [1.29, 1.82) is 0 Å². The highest BCUT2D eigenvalue weighted by Crippen LogP contribution is 2.20. The second-order valence-corrected chi connectivity index (χ2v) is 10.2. The van der Waals surface area contributed by atoms with Crippen LogP contribution in [0, 0.1) is 13.8 Å². The van der Waals surface area contributed by atoms with Crippen molar-refractivity contribution < 1.29 is 13.2 Å². The summed E-state index contributed by atoms with van der Waals surface area (Å²) in [5, 5.41) is 0. The van der Waals surface area contributed by atoms with Gasteiger partial charge in [-0.3, -0.25) is 9.52 Å². The number of amides is 1. The van der Waals surface area contributed by atoms with E-state index in [-0.39, 0.29) is 10.8 Å². The number of sulfonamides is 1. The molecule has 8 heteroatoms. The van der Waals surface area contributed by atoms with Gasteiger partial charge in [-0.15, -0.1) is 0 Å². The molecule has 0 saturated carbocycles. The number of thiazole rings is 1. The first-order chi connectivity index (χ1) is 15.3. The van der Waals surface area contributed by atoms with Crippen molar-refractivity contribution in [3.8, 4) is 0 Å². The molecule has 0 atom stereocenters. The molecule has 0 aliphatic heterocycles. The van der Waals surface area contributed by atoms with E-state index in [0.717, 1.165) is 21.3 Å². The van der Waals surface area contributed by atoms with Crippen LogP contribution in [0.4, 0.5) is 5.69 Å². The molecule has 0 radical (unpaired) electrons. The van der Waals surface area contributed by atoms with Crippen molar-refractivity contribution in [2.45, 2.75) is 32.2 Å². The summed E-state index contributed by atoms with van der Waals surface area (Å²) < 4.78 is 30.7. The SMILES string of the molecule is CCn1c(=NC(=O)c2ccc(NS(=O)(=O)c3ccc(C)cc3)cc2)sc2cc(C)ccc21. The molecule has 1 amide bonds. The van der Waals surface area contributed by atoms with Crippen LogP contribution in [0.2, 0.25) is 0 Å². The summed E-state index contributed by atoms with van der Waals surface area (Å²) in [6.45, 7) is 6.65. The highest BCUT2D eigenvalue weighted by atomic mass is 32.2. The van der Waals surface area contributed by atoms with E-state index < -0.39 is 10.0 Å². The van der Waals surface area contributed by atoms with Crippen molar-refractivity contribution in [2.75, 3.05) is 4.72 Å². The predicted molar refractivity (Wildman–Crippen MR) is 129 cm³/mol. The zero-order valence-corrected chi connectivity index (χ0v) is 19.6. The van der Waals surface area contributed by atoms with Crippen molar-refractivity contribution in [2.24, 2.45) is 4.99 Å². The number of benzene rings is 3. The number of nitrogens with one attached hydrogen (secondary N) is 1. The van der Waals surface area contributed by atoms with Gasteiger partial charge in [0, 0.05) is 17.8 Å². The van der Waals surface area contributed by atoms with E-state index in [1.165, 1.54) is 11.3 Å². The third-order valence-corrected chi connectivity index (χ3v) is 7.51. The fourth-order valence-corrected chi connectivity index (χ4v) is 5.58. The summed E-state index contributed by atoms with van der Waals surface area (Å²) in [6, 6.07) is 19.1. The molecule has 1 aromatic heterocycles. The van der Waals surface area contributed by atoms with Crippen LogP contribution >= 0.6 is 11.3 Å². The van der Waals surface area contributed by atoms with Crippen molar-refractivity contribution in [3.63, 3.8) is 0 Å². The summed E-state index contributed by atoms with van der Waals surface area (Å²) in [5.74, 6) is -0.372. The number of aryl methyl sites for hydroxylation is 3. The van der Waals surface area contributed by atoms with Crippen LogP contribution in [0.5, 0.6) is 0 Å². The van der Waals surface area contributed by atoms with E-state index in [0.29, 0.717) is 22.6 Å². The second-order valence-electron chi connectivity index (χ2n) is 7.51. The molecule has 4 aromatic rings. The molecule has 1 heterocycles. The molecular formula is C24H23N3O3S2. The molecule has 3 aromatic carbocycles. The van der Waals surface area contributed by atoms with Crippen LogP contribution in [-0.4, -0.2) is 18.9 Å². The lowest BCUT2D eigenvalue weighted by Crippen LogP contribution is -2.16. The normalized spacial score (nSPS) is 12.3. The van der Waals surface area contributed by atoms with Crippen molar-refractivity contribution in [3.05, 3.63) is 88.2 Å². The molecular weight excluding hydrogens is 442 g/mol. The summed E-state index contributed by atoms with van der Waals surface area (Å²) in [6.07, 6.45) is 0. The maximum Gasteiger partial charge on any atom is 0.279 e. The van der Waals surface area contributed by atoms with E-state index in [1.807, 2.05) is 37.5 Å². The molecule has 4 rings (SSSR count). The lowest BCUT2D eigenvalue weighted by atomic mass is 10.2. The number of carbonyl (C=O) groups excluding carboxylic acids is 1. The molecule has 164 valence electrons. The number of rotatable bonds is 5. The minimum Gasteiger partial charge on any atom is -0.317 e. The Bertz CT molecular complexity index is 1460. The number of fused-ring (bicyclic) bond motifs is 1. The monoisotopic (exact) mass is 465 g/mol. The molecule has 32 heavy (non-hydrogen) atoms. The molecule has 0 fully saturated rings. The Balaban J connectivity index is 1.59. The van der Waals surface area contributed by atoms with Gasteiger partial charge in [-0.25, -0.2) is 8.42 Å². The number of hydrogen-bond donors (Lipinski definition) is 1. The van der Waals surface area contributed by atoms with Crippen LogP contribution in [0.25, 0.3) is 10.2 Å². The van der Waals surface area contributed by atoms with E-state index in [2.05, 4.69) is 15.8 Å². The van der Waals surface area contributed by atoms with Crippen LogP contribution < -0.4 is 9.52 Å². The topological polar surface area (TPSA) is 80.5 Å². The second kappa shape index (κ2) is 8.72. The van der Waals surface area contributed by atoms with Gasteiger partial charge in [0.2, 0.25) is 0 Å². The summed E-state index contributed by atoms with van der Waals surface area (Å²) in [4.78, 5) is 17.9. The van der Waals surface area contributed by atoms with Crippen molar-refractivity contribution in [1.82, 2.24) is 4.57 Å². The molecule has 6 nitrogen and oxygen atoms in total. The van der Waals surface area contributed by atoms with Gasteiger partial charge < -0.3 is 4.57 Å². The van der Waals surface area contributed by atoms with Gasteiger partial charge in [-0.2, -0.15) is 4.99 Å². The van der Waals surface area contributed by atoms with Crippen LogP contribution in [0.1, 0.15) is 28.4 Å². The number of nitrogens with zero attached hydrogens (tertiary/aromatic N) is 2. The quantitative estimate of drug-likeness (QED) is 0.456. The molecule has 0 unspecified atom stereocenters. The van der Waals surface area contributed by atoms with E-state index in [1.54, 1.807) is 48.5 Å². The van der Waals surface area contributed by atoms with Gasteiger partial charge in [-0.1, -0.05) is 35.1 Å². The van der Waals surface area contributed by atoms with Crippen LogP contribution in [0.15, 0.2) is 76.6 Å². The largest absolute Gasteiger partial charge is 0.317 e. The van der Waals surface area contributed by atoms with Gasteiger partial charge in [0.1, 0.15) is 0 Å². The van der Waals surface area contributed by atoms with Gasteiger partial charge in [0.25, 0.3) is 15.9 Å². The Morgan fingerprint density at radius 3 is 2.28 bits per heavy atom. The zero-order chi connectivity index (χ0) is 22.9. The van der Waals surface area contributed by atoms with E-state index in [9.17, 15) is 13.2 Å². The number of aromatic nitrogens is 1. The first kappa shape index (κ1) is 22.0. The molecule has 1 N–H and O–H groups in total. The standard InChI is InChI=1S/C24H23N3O3S2/c1-4-27-21-14-7-17(3)15-22(21)31-24(27)25-23(28)18-8-10-19(11-9-18)26-32(29,30)20-12-5-16(2)6-13-20/h5-15,26H,4H2,1-3H3. The minimum absolute atomic E-state index is 0.183. The third-order valence-electron chi connectivity index (χ3n) is 5.07. The maximum atomic E-state index is 12.8. The van der Waals surface area contributed by atoms with E-state index >= 15 is 0 Å². The summed E-state index contributed by atoms with van der Waals surface area (Å²) >= 11 is 1.48. The smallest absolute Gasteiger partial charge is 0.279 e. The van der Waals surface area contributed by atoms with Crippen molar-refractivity contribution >= 4 is 43.2 Å². The molecule has 0 aliphatic rings. The Morgan fingerprint density at radius 2 is 1.62 bits per heavy atom. The number of hydrogen-bond acceptors (Lipinski definition) is 4.